The van der Waals surface area contributed by atoms with Crippen LogP contribution in [0.15, 0.2) is 12.1 Å². The van der Waals surface area contributed by atoms with E-state index in [-0.39, 0.29) is 29.7 Å². The minimum absolute atomic E-state index is 0.0337. The van der Waals surface area contributed by atoms with Crippen LogP contribution in [0.5, 0.6) is 0 Å². The van der Waals surface area contributed by atoms with Gasteiger partial charge in [-0.05, 0) is 51.7 Å². The molecule has 0 radical (unpaired) electrons. The third-order valence-electron chi connectivity index (χ3n) is 7.23. The number of carbonyl (C=O) groups is 1. The van der Waals surface area contributed by atoms with Crippen molar-refractivity contribution in [2.75, 3.05) is 0 Å². The Hall–Kier alpha value is -2.43. The molecular formula is C23H25F4N3O. The zero-order valence-electron chi connectivity index (χ0n) is 17.7. The van der Waals surface area contributed by atoms with Gasteiger partial charge in [0.05, 0.1) is 11.0 Å². The second-order valence-corrected chi connectivity index (χ2v) is 9.39. The van der Waals surface area contributed by atoms with Gasteiger partial charge in [-0.15, -0.1) is 0 Å². The number of rotatable bonds is 7. The number of Topliss-reactive ketones (excluding diaryl/α,β-unsaturated/α-hetero) is 1. The van der Waals surface area contributed by atoms with Gasteiger partial charge in [0.25, 0.3) is 5.92 Å². The highest BCUT2D eigenvalue weighted by atomic mass is 19.3. The molecule has 1 aromatic carbocycles. The fourth-order valence-corrected chi connectivity index (χ4v) is 4.91. The van der Waals surface area contributed by atoms with E-state index in [2.05, 4.69) is 11.9 Å². The zero-order valence-corrected chi connectivity index (χ0v) is 17.7. The standard InChI is InChI=1S/C23H25F4N3O/c1-21(9-4-10-21)30-19(29-18-8-7-17(24)16(13-28)20(18)30)6-3-5-15(31)11-14-12-23(26,27)22(14,2)25/h7-8,14H,3-6,9-12H2,1-2H3. The van der Waals surface area contributed by atoms with Crippen LogP contribution in [-0.2, 0) is 16.8 Å². The Morgan fingerprint density at radius 3 is 2.55 bits per heavy atom. The van der Waals surface area contributed by atoms with Crippen LogP contribution in [0.4, 0.5) is 17.6 Å². The number of benzene rings is 1. The number of hydrogen-bond donors (Lipinski definition) is 0. The first-order valence-electron chi connectivity index (χ1n) is 10.7. The number of nitrogens with zero attached hydrogens (tertiary/aromatic N) is 3. The van der Waals surface area contributed by atoms with Gasteiger partial charge in [-0.3, -0.25) is 4.79 Å². The fraction of sp³-hybridized carbons (Fsp3) is 0.609. The van der Waals surface area contributed by atoms with Crippen molar-refractivity contribution in [3.63, 3.8) is 0 Å². The maximum atomic E-state index is 14.3. The van der Waals surface area contributed by atoms with E-state index in [1.807, 2.05) is 10.6 Å². The largest absolute Gasteiger partial charge is 0.321 e. The smallest absolute Gasteiger partial charge is 0.281 e. The molecule has 4 rings (SSSR count). The molecule has 2 saturated carbocycles. The molecule has 2 fully saturated rings. The maximum Gasteiger partial charge on any atom is 0.281 e. The van der Waals surface area contributed by atoms with Gasteiger partial charge in [0.1, 0.15) is 29.1 Å². The van der Waals surface area contributed by atoms with Crippen LogP contribution in [0, 0.1) is 23.1 Å². The second kappa shape index (κ2) is 7.32. The summed E-state index contributed by atoms with van der Waals surface area (Å²) in [6.07, 6.45) is 3.00. The predicted octanol–water partition coefficient (Wildman–Crippen LogP) is 5.61. The highest BCUT2D eigenvalue weighted by molar-refractivity contribution is 5.83. The van der Waals surface area contributed by atoms with Crippen LogP contribution in [0.2, 0.25) is 0 Å². The molecule has 0 aliphatic heterocycles. The summed E-state index contributed by atoms with van der Waals surface area (Å²) < 4.78 is 56.9. The monoisotopic (exact) mass is 435 g/mol. The summed E-state index contributed by atoms with van der Waals surface area (Å²) in [5, 5.41) is 9.49. The molecule has 8 heteroatoms. The minimum atomic E-state index is -3.37. The highest BCUT2D eigenvalue weighted by Gasteiger charge is 2.66. The van der Waals surface area contributed by atoms with Crippen molar-refractivity contribution in [3.05, 3.63) is 29.3 Å². The lowest BCUT2D eigenvalue weighted by molar-refractivity contribution is -0.242. The van der Waals surface area contributed by atoms with E-state index in [4.69, 9.17) is 0 Å². The molecule has 2 unspecified atom stereocenters. The van der Waals surface area contributed by atoms with E-state index in [1.54, 1.807) is 6.07 Å². The van der Waals surface area contributed by atoms with Gasteiger partial charge in [0.2, 0.25) is 0 Å². The zero-order chi connectivity index (χ0) is 22.6. The Morgan fingerprint density at radius 2 is 2.00 bits per heavy atom. The number of fused-ring (bicyclic) bond motifs is 1. The average Bonchev–Trinajstić information content (AvgIpc) is 3.04. The Kier molecular flexibility index (Phi) is 5.14. The van der Waals surface area contributed by atoms with Gasteiger partial charge < -0.3 is 4.57 Å². The van der Waals surface area contributed by atoms with E-state index in [1.165, 1.54) is 6.07 Å². The van der Waals surface area contributed by atoms with Crippen LogP contribution in [-0.4, -0.2) is 26.9 Å². The van der Waals surface area contributed by atoms with Gasteiger partial charge in [-0.1, -0.05) is 0 Å². The van der Waals surface area contributed by atoms with Crippen LogP contribution >= 0.6 is 0 Å². The second-order valence-electron chi connectivity index (χ2n) is 9.39. The number of hydrogen-bond acceptors (Lipinski definition) is 3. The normalized spacial score (nSPS) is 26.2. The van der Waals surface area contributed by atoms with E-state index >= 15 is 0 Å². The molecule has 2 atom stereocenters. The first-order chi connectivity index (χ1) is 14.5. The van der Waals surface area contributed by atoms with Crippen LogP contribution < -0.4 is 0 Å². The predicted molar refractivity (Wildman–Crippen MR) is 107 cm³/mol. The van der Waals surface area contributed by atoms with Crippen molar-refractivity contribution in [1.29, 1.82) is 5.26 Å². The molecule has 31 heavy (non-hydrogen) atoms. The maximum absolute atomic E-state index is 14.3. The number of carbonyl (C=O) groups excluding carboxylic acids is 1. The van der Waals surface area contributed by atoms with Crippen molar-refractivity contribution in [2.45, 2.75) is 82.3 Å². The van der Waals surface area contributed by atoms with E-state index in [0.29, 0.717) is 29.7 Å². The summed E-state index contributed by atoms with van der Waals surface area (Å²) in [6, 6.07) is 4.73. The molecule has 0 spiro atoms. The molecule has 166 valence electrons. The van der Waals surface area contributed by atoms with Gasteiger partial charge in [0.15, 0.2) is 5.67 Å². The topological polar surface area (TPSA) is 58.7 Å². The summed E-state index contributed by atoms with van der Waals surface area (Å²) in [5.41, 5.74) is -1.91. The molecule has 1 heterocycles. The lowest BCUT2D eigenvalue weighted by Crippen LogP contribution is -2.60. The third-order valence-corrected chi connectivity index (χ3v) is 7.23. The van der Waals surface area contributed by atoms with Crippen LogP contribution in [0.25, 0.3) is 11.0 Å². The average molecular weight is 435 g/mol. The summed E-state index contributed by atoms with van der Waals surface area (Å²) in [4.78, 5) is 16.9. The lowest BCUT2D eigenvalue weighted by atomic mass is 9.66. The number of alkyl halides is 3. The molecule has 2 aliphatic carbocycles. The number of nitriles is 1. The van der Waals surface area contributed by atoms with Gasteiger partial charge >= 0.3 is 0 Å². The molecule has 2 aliphatic rings. The van der Waals surface area contributed by atoms with Crippen molar-refractivity contribution < 1.29 is 22.4 Å². The highest BCUT2D eigenvalue weighted by Crippen LogP contribution is 2.55. The van der Waals surface area contributed by atoms with Gasteiger partial charge in [-0.2, -0.15) is 5.26 Å². The Labute approximate surface area is 178 Å². The van der Waals surface area contributed by atoms with E-state index in [9.17, 15) is 27.6 Å². The van der Waals surface area contributed by atoms with Gasteiger partial charge in [0, 0.05) is 37.1 Å². The Balaban J connectivity index is 1.50. The van der Waals surface area contributed by atoms with Gasteiger partial charge in [-0.25, -0.2) is 22.5 Å². The number of imidazole rings is 1. The summed E-state index contributed by atoms with van der Waals surface area (Å²) in [7, 11) is 0. The number of aromatic nitrogens is 2. The Bertz CT molecular complexity index is 1080. The van der Waals surface area contributed by atoms with E-state index in [0.717, 1.165) is 26.2 Å². The number of aryl methyl sites for hydroxylation is 1. The first-order valence-corrected chi connectivity index (χ1v) is 10.7. The minimum Gasteiger partial charge on any atom is -0.321 e. The SMILES string of the molecule is CC1(n2c(CCCC(=O)CC3CC(F)(F)C3(C)F)nc3ccc(F)c(C#N)c32)CCC1. The third kappa shape index (κ3) is 3.42. The van der Waals surface area contributed by atoms with Crippen LogP contribution in [0.1, 0.15) is 70.2 Å². The Morgan fingerprint density at radius 1 is 1.29 bits per heavy atom. The summed E-state index contributed by atoms with van der Waals surface area (Å²) in [6.45, 7) is 2.92. The first kappa shape index (κ1) is 21.8. The summed E-state index contributed by atoms with van der Waals surface area (Å²) >= 11 is 0. The summed E-state index contributed by atoms with van der Waals surface area (Å²) in [5.74, 6) is -4.47. The molecule has 0 N–H and O–H groups in total. The van der Waals surface area contributed by atoms with Crippen LogP contribution in [0.3, 0.4) is 0 Å². The molecule has 0 bridgehead atoms. The van der Waals surface area contributed by atoms with Crippen molar-refractivity contribution in [1.82, 2.24) is 9.55 Å². The molecule has 4 nitrogen and oxygen atoms in total. The molecule has 2 aromatic rings. The van der Waals surface area contributed by atoms with Crippen molar-refractivity contribution >= 4 is 16.8 Å². The van der Waals surface area contributed by atoms with Crippen molar-refractivity contribution in [3.8, 4) is 6.07 Å². The quantitative estimate of drug-likeness (QED) is 0.531. The number of ketones is 1. The molecular weight excluding hydrogens is 410 g/mol. The molecule has 0 amide bonds. The molecule has 0 saturated heterocycles. The lowest BCUT2D eigenvalue weighted by Gasteiger charge is -2.47. The van der Waals surface area contributed by atoms with Crippen molar-refractivity contribution in [2.24, 2.45) is 5.92 Å². The molecule has 1 aromatic heterocycles. The number of halogens is 4. The fourth-order valence-electron chi connectivity index (χ4n) is 4.91. The van der Waals surface area contributed by atoms with E-state index < -0.39 is 29.7 Å².